The molecule has 1 aliphatic heterocycles. The molecule has 0 atom stereocenters. The van der Waals surface area contributed by atoms with E-state index in [9.17, 15) is 0 Å². The SMILES string of the molecule is COc1ccc(C2OCC(COCCOCCCl)(COCCOCCCl)CO2)cc1. The van der Waals surface area contributed by atoms with Crippen molar-refractivity contribution >= 4 is 23.2 Å². The quantitative estimate of drug-likeness (QED) is 0.273. The van der Waals surface area contributed by atoms with Crippen molar-refractivity contribution in [1.29, 1.82) is 0 Å². The number of rotatable bonds is 16. The van der Waals surface area contributed by atoms with Crippen LogP contribution in [0.15, 0.2) is 24.3 Å². The van der Waals surface area contributed by atoms with Gasteiger partial charge in [-0.1, -0.05) is 12.1 Å². The predicted octanol–water partition coefficient (Wildman–Crippen LogP) is 3.27. The first-order valence-electron chi connectivity index (χ1n) is 10.0. The molecule has 0 aliphatic carbocycles. The Labute approximate surface area is 188 Å². The third-order valence-corrected chi connectivity index (χ3v) is 4.78. The molecule has 1 aliphatic rings. The predicted molar refractivity (Wildman–Crippen MR) is 115 cm³/mol. The maximum absolute atomic E-state index is 6.02. The molecule has 1 aromatic carbocycles. The van der Waals surface area contributed by atoms with Crippen LogP contribution in [0.1, 0.15) is 11.9 Å². The highest BCUT2D eigenvalue weighted by molar-refractivity contribution is 6.18. The largest absolute Gasteiger partial charge is 0.497 e. The van der Waals surface area contributed by atoms with Crippen molar-refractivity contribution in [1.82, 2.24) is 0 Å². The fourth-order valence-electron chi connectivity index (χ4n) is 2.88. The lowest BCUT2D eigenvalue weighted by Crippen LogP contribution is -2.46. The summed E-state index contributed by atoms with van der Waals surface area (Å²) in [5.41, 5.74) is 0.539. The number of alkyl halides is 2. The third kappa shape index (κ3) is 9.24. The highest BCUT2D eigenvalue weighted by Gasteiger charge is 2.38. The maximum Gasteiger partial charge on any atom is 0.183 e. The molecular weight excluding hydrogens is 435 g/mol. The van der Waals surface area contributed by atoms with Crippen LogP contribution in [0.2, 0.25) is 0 Å². The maximum atomic E-state index is 6.02. The molecular formula is C21H32Cl2O7. The Hall–Kier alpha value is -0.640. The van der Waals surface area contributed by atoms with E-state index < -0.39 is 11.7 Å². The van der Waals surface area contributed by atoms with Crippen LogP contribution in [0.5, 0.6) is 5.75 Å². The zero-order valence-electron chi connectivity index (χ0n) is 17.5. The first-order valence-corrected chi connectivity index (χ1v) is 11.1. The van der Waals surface area contributed by atoms with Gasteiger partial charge in [-0.15, -0.1) is 23.2 Å². The smallest absolute Gasteiger partial charge is 0.183 e. The Balaban J connectivity index is 1.83. The molecule has 0 aromatic heterocycles. The first kappa shape index (κ1) is 25.6. The summed E-state index contributed by atoms with van der Waals surface area (Å²) in [6, 6.07) is 7.65. The Morgan fingerprint density at radius 2 is 1.30 bits per heavy atom. The van der Waals surface area contributed by atoms with Crippen LogP contribution in [-0.2, 0) is 28.4 Å². The Morgan fingerprint density at radius 1 is 0.800 bits per heavy atom. The van der Waals surface area contributed by atoms with Gasteiger partial charge in [0, 0.05) is 17.3 Å². The van der Waals surface area contributed by atoms with Gasteiger partial charge in [0.05, 0.1) is 78.6 Å². The molecule has 0 unspecified atom stereocenters. The third-order valence-electron chi connectivity index (χ3n) is 4.47. The minimum Gasteiger partial charge on any atom is -0.497 e. The van der Waals surface area contributed by atoms with Crippen LogP contribution in [0.3, 0.4) is 0 Å². The fourth-order valence-corrected chi connectivity index (χ4v) is 3.10. The molecule has 0 amide bonds. The molecule has 0 saturated carbocycles. The van der Waals surface area contributed by atoms with Crippen molar-refractivity contribution in [3.05, 3.63) is 29.8 Å². The number of ether oxygens (including phenoxy) is 7. The van der Waals surface area contributed by atoms with Crippen molar-refractivity contribution in [3.8, 4) is 5.75 Å². The van der Waals surface area contributed by atoms with Crippen LogP contribution in [0, 0.1) is 5.41 Å². The number of methoxy groups -OCH3 is 1. The van der Waals surface area contributed by atoms with E-state index in [4.69, 9.17) is 56.4 Å². The van der Waals surface area contributed by atoms with Crippen molar-refractivity contribution in [2.45, 2.75) is 6.29 Å². The van der Waals surface area contributed by atoms with E-state index >= 15 is 0 Å². The minimum atomic E-state index is -0.428. The summed E-state index contributed by atoms with van der Waals surface area (Å²) >= 11 is 11.2. The summed E-state index contributed by atoms with van der Waals surface area (Å²) in [5, 5.41) is 0. The van der Waals surface area contributed by atoms with Crippen LogP contribution in [0.25, 0.3) is 0 Å². The van der Waals surface area contributed by atoms with Crippen molar-refractivity contribution in [2.75, 3.05) is 84.9 Å². The number of hydrogen-bond donors (Lipinski definition) is 0. The van der Waals surface area contributed by atoms with Gasteiger partial charge in [0.15, 0.2) is 6.29 Å². The van der Waals surface area contributed by atoms with Crippen LogP contribution >= 0.6 is 23.2 Å². The Bertz CT molecular complexity index is 533. The topological polar surface area (TPSA) is 64.6 Å². The van der Waals surface area contributed by atoms with Crippen LogP contribution in [0.4, 0.5) is 0 Å². The van der Waals surface area contributed by atoms with Gasteiger partial charge in [0.25, 0.3) is 0 Å². The van der Waals surface area contributed by atoms with E-state index in [0.717, 1.165) is 11.3 Å². The molecule has 1 fully saturated rings. The van der Waals surface area contributed by atoms with Crippen LogP contribution < -0.4 is 4.74 Å². The molecule has 2 rings (SSSR count). The highest BCUT2D eigenvalue weighted by Crippen LogP contribution is 2.33. The molecule has 1 heterocycles. The molecule has 172 valence electrons. The van der Waals surface area contributed by atoms with E-state index in [1.165, 1.54) is 0 Å². The normalized spacial score (nSPS) is 16.6. The zero-order valence-corrected chi connectivity index (χ0v) is 19.0. The average molecular weight is 467 g/mol. The number of benzene rings is 1. The second kappa shape index (κ2) is 15.2. The molecule has 1 saturated heterocycles. The fraction of sp³-hybridized carbons (Fsp3) is 0.714. The Kier molecular flexibility index (Phi) is 13.0. The van der Waals surface area contributed by atoms with Gasteiger partial charge in [-0.05, 0) is 12.1 Å². The lowest BCUT2D eigenvalue weighted by atomic mass is 9.91. The Morgan fingerprint density at radius 3 is 1.77 bits per heavy atom. The van der Waals surface area contributed by atoms with Gasteiger partial charge >= 0.3 is 0 Å². The molecule has 0 bridgehead atoms. The molecule has 30 heavy (non-hydrogen) atoms. The highest BCUT2D eigenvalue weighted by atomic mass is 35.5. The van der Waals surface area contributed by atoms with Crippen LogP contribution in [-0.4, -0.2) is 84.9 Å². The number of hydrogen-bond acceptors (Lipinski definition) is 7. The van der Waals surface area contributed by atoms with E-state index in [2.05, 4.69) is 0 Å². The van der Waals surface area contributed by atoms with E-state index in [1.54, 1.807) is 7.11 Å². The standard InChI is InChI=1S/C21H32Cl2O7/c1-24-19-4-2-18(3-5-19)20-29-16-21(17-30-20,14-27-12-10-25-8-6-22)15-28-13-11-26-9-7-23/h2-5,20H,6-17H2,1H3. The lowest BCUT2D eigenvalue weighted by molar-refractivity contribution is -0.255. The summed E-state index contributed by atoms with van der Waals surface area (Å²) < 4.78 is 39.6. The van der Waals surface area contributed by atoms with Gasteiger partial charge in [-0.3, -0.25) is 0 Å². The molecule has 0 radical (unpaired) electrons. The zero-order chi connectivity index (χ0) is 21.5. The average Bonchev–Trinajstić information content (AvgIpc) is 2.79. The van der Waals surface area contributed by atoms with E-state index in [0.29, 0.717) is 77.8 Å². The second-order valence-corrected chi connectivity index (χ2v) is 7.69. The van der Waals surface area contributed by atoms with Crippen molar-refractivity contribution < 1.29 is 33.2 Å². The van der Waals surface area contributed by atoms with Gasteiger partial charge in [0.1, 0.15) is 5.75 Å². The summed E-state index contributed by atoms with van der Waals surface area (Å²) in [5.74, 6) is 1.73. The molecule has 0 N–H and O–H groups in total. The van der Waals surface area contributed by atoms with E-state index in [1.807, 2.05) is 24.3 Å². The van der Waals surface area contributed by atoms with Gasteiger partial charge in [-0.2, -0.15) is 0 Å². The molecule has 1 aromatic rings. The minimum absolute atomic E-state index is 0.401. The van der Waals surface area contributed by atoms with Crippen molar-refractivity contribution in [3.63, 3.8) is 0 Å². The van der Waals surface area contributed by atoms with Crippen molar-refractivity contribution in [2.24, 2.45) is 5.41 Å². The van der Waals surface area contributed by atoms with Gasteiger partial charge in [-0.25, -0.2) is 0 Å². The molecule has 7 nitrogen and oxygen atoms in total. The molecule has 9 heteroatoms. The second-order valence-electron chi connectivity index (χ2n) is 6.93. The summed E-state index contributed by atoms with van der Waals surface area (Å²) in [6.07, 6.45) is -0.428. The molecule has 0 spiro atoms. The lowest BCUT2D eigenvalue weighted by Gasteiger charge is -2.39. The first-order chi connectivity index (χ1) is 14.7. The summed E-state index contributed by atoms with van der Waals surface area (Å²) in [7, 11) is 1.64. The summed E-state index contributed by atoms with van der Waals surface area (Å²) in [4.78, 5) is 0. The van der Waals surface area contributed by atoms with Gasteiger partial charge < -0.3 is 33.2 Å². The van der Waals surface area contributed by atoms with Gasteiger partial charge in [0.2, 0.25) is 0 Å². The number of halogens is 2. The monoisotopic (exact) mass is 466 g/mol. The van der Waals surface area contributed by atoms with E-state index in [-0.39, 0.29) is 0 Å². The summed E-state index contributed by atoms with van der Waals surface area (Å²) in [6.45, 7) is 4.74.